The molecule has 2 nitrogen and oxygen atoms in total. The van der Waals surface area contributed by atoms with E-state index in [-0.39, 0.29) is 6.04 Å². The summed E-state index contributed by atoms with van der Waals surface area (Å²) in [5, 5.41) is 3.00. The molecule has 0 aliphatic rings. The minimum atomic E-state index is -4.33. The highest BCUT2D eigenvalue weighted by atomic mass is 19.4. The molecule has 0 saturated carbocycles. The number of aryl methyl sites for hydroxylation is 1. The molecule has 1 heterocycles. The van der Waals surface area contributed by atoms with Crippen molar-refractivity contribution in [2.45, 2.75) is 19.1 Å². The van der Waals surface area contributed by atoms with Crippen molar-refractivity contribution in [2.24, 2.45) is 0 Å². The van der Waals surface area contributed by atoms with Crippen LogP contribution in [0.3, 0.4) is 0 Å². The van der Waals surface area contributed by atoms with Crippen LogP contribution in [0.2, 0.25) is 0 Å². The van der Waals surface area contributed by atoms with Gasteiger partial charge in [-0.3, -0.25) is 0 Å². The number of hydrogen-bond acceptors (Lipinski definition) is 2. The third-order valence-electron chi connectivity index (χ3n) is 2.92. The summed E-state index contributed by atoms with van der Waals surface area (Å²) in [4.78, 5) is 0. The Bertz CT molecular complexity index is 560. The monoisotopic (exact) mass is 269 g/mol. The lowest BCUT2D eigenvalue weighted by atomic mass is 9.99. The summed E-state index contributed by atoms with van der Waals surface area (Å²) in [7, 11) is 1.70. The van der Waals surface area contributed by atoms with Gasteiger partial charge in [-0.2, -0.15) is 13.2 Å². The van der Waals surface area contributed by atoms with Crippen LogP contribution in [0.4, 0.5) is 13.2 Å². The first kappa shape index (κ1) is 13.7. The molecule has 1 unspecified atom stereocenters. The van der Waals surface area contributed by atoms with Crippen LogP contribution >= 0.6 is 0 Å². The zero-order valence-corrected chi connectivity index (χ0v) is 10.6. The van der Waals surface area contributed by atoms with Gasteiger partial charge in [-0.05, 0) is 37.7 Å². The number of alkyl halides is 3. The Morgan fingerprint density at radius 1 is 1.16 bits per heavy atom. The lowest BCUT2D eigenvalue weighted by Crippen LogP contribution is -2.18. The summed E-state index contributed by atoms with van der Waals surface area (Å²) >= 11 is 0. The maximum Gasteiger partial charge on any atom is 0.416 e. The van der Waals surface area contributed by atoms with Crippen molar-refractivity contribution in [1.82, 2.24) is 5.32 Å². The van der Waals surface area contributed by atoms with Crippen molar-refractivity contribution < 1.29 is 17.6 Å². The van der Waals surface area contributed by atoms with E-state index in [0.29, 0.717) is 5.56 Å². The molecule has 0 aliphatic heterocycles. The number of furan rings is 1. The fraction of sp³-hybridized carbons (Fsp3) is 0.286. The Kier molecular flexibility index (Phi) is 3.66. The van der Waals surface area contributed by atoms with Gasteiger partial charge in [-0.15, -0.1) is 0 Å². The highest BCUT2D eigenvalue weighted by Crippen LogP contribution is 2.32. The van der Waals surface area contributed by atoms with Gasteiger partial charge in [0.25, 0.3) is 0 Å². The predicted molar refractivity (Wildman–Crippen MR) is 65.8 cm³/mol. The Labute approximate surface area is 109 Å². The first-order valence-electron chi connectivity index (χ1n) is 5.81. The molecule has 0 bridgehead atoms. The van der Waals surface area contributed by atoms with E-state index in [1.807, 2.05) is 0 Å². The molecule has 0 amide bonds. The van der Waals surface area contributed by atoms with Crippen molar-refractivity contribution in [3.05, 3.63) is 59.0 Å². The van der Waals surface area contributed by atoms with E-state index >= 15 is 0 Å². The van der Waals surface area contributed by atoms with Gasteiger partial charge in [0.1, 0.15) is 5.76 Å². The predicted octanol–water partition coefficient (Wildman–Crippen LogP) is 3.92. The van der Waals surface area contributed by atoms with Crippen LogP contribution in [0, 0.1) is 6.92 Å². The highest BCUT2D eigenvalue weighted by molar-refractivity contribution is 5.34. The van der Waals surface area contributed by atoms with E-state index in [0.717, 1.165) is 23.5 Å². The van der Waals surface area contributed by atoms with Crippen LogP contribution in [-0.4, -0.2) is 7.05 Å². The van der Waals surface area contributed by atoms with Gasteiger partial charge >= 0.3 is 6.18 Å². The molecule has 102 valence electrons. The maximum atomic E-state index is 12.7. The summed E-state index contributed by atoms with van der Waals surface area (Å²) in [5.41, 5.74) is 0.711. The van der Waals surface area contributed by atoms with Crippen LogP contribution in [0.5, 0.6) is 0 Å². The lowest BCUT2D eigenvalue weighted by molar-refractivity contribution is -0.137. The fourth-order valence-electron chi connectivity index (χ4n) is 2.04. The molecule has 2 aromatic rings. The van der Waals surface area contributed by atoms with Gasteiger partial charge in [0.15, 0.2) is 0 Å². The first-order chi connectivity index (χ1) is 8.91. The molecule has 1 atom stereocenters. The molecule has 0 spiro atoms. The Hall–Kier alpha value is -1.75. The van der Waals surface area contributed by atoms with Gasteiger partial charge in [-0.25, -0.2) is 0 Å². The van der Waals surface area contributed by atoms with Gasteiger partial charge in [-0.1, -0.05) is 12.1 Å². The number of halogens is 3. The quantitative estimate of drug-likeness (QED) is 0.913. The van der Waals surface area contributed by atoms with Crippen LogP contribution < -0.4 is 5.32 Å². The van der Waals surface area contributed by atoms with Crippen molar-refractivity contribution in [3.8, 4) is 0 Å². The van der Waals surface area contributed by atoms with E-state index in [9.17, 15) is 13.2 Å². The second-order valence-electron chi connectivity index (χ2n) is 4.34. The molecule has 5 heteroatoms. The lowest BCUT2D eigenvalue weighted by Gasteiger charge is -2.16. The molecule has 1 aromatic carbocycles. The van der Waals surface area contributed by atoms with E-state index in [1.54, 1.807) is 32.4 Å². The summed E-state index contributed by atoms with van der Waals surface area (Å²) in [6, 6.07) is 6.79. The minimum absolute atomic E-state index is 0.320. The van der Waals surface area contributed by atoms with E-state index < -0.39 is 11.7 Å². The third kappa shape index (κ3) is 2.98. The first-order valence-corrected chi connectivity index (χ1v) is 5.81. The average Bonchev–Trinajstić information content (AvgIpc) is 2.76. The fourth-order valence-corrected chi connectivity index (χ4v) is 2.04. The second-order valence-corrected chi connectivity index (χ2v) is 4.34. The maximum absolute atomic E-state index is 12.7. The molecular weight excluding hydrogens is 255 g/mol. The molecule has 19 heavy (non-hydrogen) atoms. The van der Waals surface area contributed by atoms with Crippen molar-refractivity contribution >= 4 is 0 Å². The van der Waals surface area contributed by atoms with Crippen LogP contribution in [0.1, 0.15) is 28.5 Å². The summed E-state index contributed by atoms with van der Waals surface area (Å²) in [6.07, 6.45) is -2.78. The SMILES string of the molecule is CNC(c1cccc(C(F)(F)F)c1)c1coc(C)c1. The number of rotatable bonds is 3. The normalized spacial score (nSPS) is 13.5. The van der Waals surface area contributed by atoms with E-state index in [4.69, 9.17) is 4.42 Å². The second kappa shape index (κ2) is 5.09. The largest absolute Gasteiger partial charge is 0.469 e. The van der Waals surface area contributed by atoms with Crippen molar-refractivity contribution in [1.29, 1.82) is 0 Å². The smallest absolute Gasteiger partial charge is 0.416 e. The summed E-state index contributed by atoms with van der Waals surface area (Å²) < 4.78 is 43.3. The van der Waals surface area contributed by atoms with Gasteiger partial charge < -0.3 is 9.73 Å². The van der Waals surface area contributed by atoms with Gasteiger partial charge in [0.2, 0.25) is 0 Å². The molecule has 0 aliphatic carbocycles. The highest BCUT2D eigenvalue weighted by Gasteiger charge is 2.31. The average molecular weight is 269 g/mol. The third-order valence-corrected chi connectivity index (χ3v) is 2.92. The number of benzene rings is 1. The van der Waals surface area contributed by atoms with E-state index in [1.165, 1.54) is 6.07 Å². The van der Waals surface area contributed by atoms with Crippen LogP contribution in [-0.2, 0) is 6.18 Å². The summed E-state index contributed by atoms with van der Waals surface area (Å²) in [5.74, 6) is 0.724. The topological polar surface area (TPSA) is 25.2 Å². The van der Waals surface area contributed by atoms with Crippen LogP contribution in [0.25, 0.3) is 0 Å². The van der Waals surface area contributed by atoms with Gasteiger partial charge in [0.05, 0.1) is 17.9 Å². The van der Waals surface area contributed by atoms with Crippen molar-refractivity contribution in [2.75, 3.05) is 7.05 Å². The molecule has 2 rings (SSSR count). The van der Waals surface area contributed by atoms with Crippen molar-refractivity contribution in [3.63, 3.8) is 0 Å². The van der Waals surface area contributed by atoms with Gasteiger partial charge in [0, 0.05) is 5.56 Å². The molecule has 0 saturated heterocycles. The Balaban J connectivity index is 2.39. The molecule has 0 fully saturated rings. The minimum Gasteiger partial charge on any atom is -0.469 e. The molecule has 1 aromatic heterocycles. The number of hydrogen-bond donors (Lipinski definition) is 1. The summed E-state index contributed by atoms with van der Waals surface area (Å²) in [6.45, 7) is 1.79. The zero-order valence-electron chi connectivity index (χ0n) is 10.6. The molecular formula is C14H14F3NO. The van der Waals surface area contributed by atoms with E-state index in [2.05, 4.69) is 5.32 Å². The Morgan fingerprint density at radius 2 is 1.89 bits per heavy atom. The molecule has 1 N–H and O–H groups in total. The van der Waals surface area contributed by atoms with Crippen LogP contribution in [0.15, 0.2) is 41.0 Å². The molecule has 0 radical (unpaired) electrons. The number of nitrogens with one attached hydrogen (secondary N) is 1. The standard InChI is InChI=1S/C14H14F3NO/c1-9-6-11(8-19-9)13(18-2)10-4-3-5-12(7-10)14(15,16)17/h3-8,13,18H,1-2H3. The Morgan fingerprint density at radius 3 is 2.42 bits per heavy atom. The zero-order chi connectivity index (χ0) is 14.0.